The monoisotopic (exact) mass is 256 g/mol. The van der Waals surface area contributed by atoms with Crippen molar-refractivity contribution < 1.29 is 23.4 Å². The number of hydrogen-bond acceptors (Lipinski definition) is 2. The van der Waals surface area contributed by atoms with Crippen LogP contribution in [-0.2, 0) is 6.18 Å². The lowest BCUT2D eigenvalue weighted by atomic mass is 10.2. The maximum atomic E-state index is 12.1. The highest BCUT2D eigenvalue weighted by Crippen LogP contribution is 2.42. The molecule has 0 atom stereocenters. The van der Waals surface area contributed by atoms with E-state index in [4.69, 9.17) is 10.2 Å². The van der Waals surface area contributed by atoms with E-state index in [-0.39, 0.29) is 4.47 Å². The highest BCUT2D eigenvalue weighted by Gasteiger charge is 2.35. The van der Waals surface area contributed by atoms with Crippen molar-refractivity contribution in [3.8, 4) is 11.5 Å². The van der Waals surface area contributed by atoms with Crippen molar-refractivity contribution in [1.29, 1.82) is 0 Å². The molecule has 0 aromatic heterocycles. The first-order valence-corrected chi connectivity index (χ1v) is 3.91. The van der Waals surface area contributed by atoms with Crippen molar-refractivity contribution >= 4 is 15.9 Å². The fourth-order valence-electron chi connectivity index (χ4n) is 0.783. The Morgan fingerprint density at radius 3 is 2.15 bits per heavy atom. The minimum atomic E-state index is -4.62. The van der Waals surface area contributed by atoms with Gasteiger partial charge >= 0.3 is 6.18 Å². The van der Waals surface area contributed by atoms with E-state index in [1.54, 1.807) is 0 Å². The molecule has 0 heterocycles. The van der Waals surface area contributed by atoms with Crippen LogP contribution in [-0.4, -0.2) is 10.2 Å². The van der Waals surface area contributed by atoms with Crippen LogP contribution in [0.1, 0.15) is 5.56 Å². The van der Waals surface area contributed by atoms with Gasteiger partial charge in [-0.25, -0.2) is 0 Å². The number of alkyl halides is 3. The van der Waals surface area contributed by atoms with Crippen LogP contribution in [0.3, 0.4) is 0 Å². The number of benzene rings is 1. The van der Waals surface area contributed by atoms with E-state index in [0.29, 0.717) is 6.07 Å². The molecule has 0 fully saturated rings. The van der Waals surface area contributed by atoms with E-state index in [1.165, 1.54) is 0 Å². The zero-order chi connectivity index (χ0) is 10.2. The molecule has 13 heavy (non-hydrogen) atoms. The Morgan fingerprint density at radius 2 is 1.69 bits per heavy atom. The quantitative estimate of drug-likeness (QED) is 0.750. The summed E-state index contributed by atoms with van der Waals surface area (Å²) in [4.78, 5) is 0. The molecule has 0 bridgehead atoms. The van der Waals surface area contributed by atoms with Crippen LogP contribution >= 0.6 is 15.9 Å². The van der Waals surface area contributed by atoms with E-state index in [1.807, 2.05) is 0 Å². The first-order chi connectivity index (χ1) is 5.84. The van der Waals surface area contributed by atoms with Crippen LogP contribution in [0.5, 0.6) is 11.5 Å². The Labute approximate surface area is 79.7 Å². The summed E-state index contributed by atoms with van der Waals surface area (Å²) in [6.07, 6.45) is -4.62. The van der Waals surface area contributed by atoms with Crippen LogP contribution in [0.15, 0.2) is 16.6 Å². The number of hydrogen-bond donors (Lipinski definition) is 2. The SMILES string of the molecule is Oc1ccc(C(F)(F)F)c(O)c1Br. The van der Waals surface area contributed by atoms with Gasteiger partial charge in [0.15, 0.2) is 0 Å². The molecule has 0 aliphatic carbocycles. The molecule has 1 aromatic rings. The minimum absolute atomic E-state index is 0.359. The smallest absolute Gasteiger partial charge is 0.420 e. The van der Waals surface area contributed by atoms with Crippen molar-refractivity contribution in [2.45, 2.75) is 6.18 Å². The van der Waals surface area contributed by atoms with E-state index < -0.39 is 23.2 Å². The van der Waals surface area contributed by atoms with Gasteiger partial charge in [-0.1, -0.05) is 0 Å². The molecule has 72 valence electrons. The Kier molecular flexibility index (Phi) is 2.42. The average molecular weight is 257 g/mol. The lowest BCUT2D eigenvalue weighted by Gasteiger charge is -2.10. The van der Waals surface area contributed by atoms with E-state index >= 15 is 0 Å². The molecule has 0 aliphatic rings. The lowest BCUT2D eigenvalue weighted by molar-refractivity contribution is -0.138. The minimum Gasteiger partial charge on any atom is -0.507 e. The lowest BCUT2D eigenvalue weighted by Crippen LogP contribution is -2.05. The van der Waals surface area contributed by atoms with Crippen molar-refractivity contribution in [2.75, 3.05) is 0 Å². The number of aromatic hydroxyl groups is 2. The zero-order valence-electron chi connectivity index (χ0n) is 6.06. The Bertz CT molecular complexity index is 335. The molecule has 0 saturated heterocycles. The highest BCUT2D eigenvalue weighted by molar-refractivity contribution is 9.10. The second kappa shape index (κ2) is 3.10. The highest BCUT2D eigenvalue weighted by atomic mass is 79.9. The van der Waals surface area contributed by atoms with Crippen molar-refractivity contribution in [2.24, 2.45) is 0 Å². The topological polar surface area (TPSA) is 40.5 Å². The first-order valence-electron chi connectivity index (χ1n) is 3.11. The van der Waals surface area contributed by atoms with Gasteiger partial charge in [0.05, 0.1) is 5.56 Å². The van der Waals surface area contributed by atoms with Gasteiger partial charge in [-0.15, -0.1) is 0 Å². The Balaban J connectivity index is 3.35. The third kappa shape index (κ3) is 1.88. The summed E-state index contributed by atoms with van der Waals surface area (Å²) in [7, 11) is 0. The van der Waals surface area contributed by atoms with Crippen molar-refractivity contribution in [3.05, 3.63) is 22.2 Å². The second-order valence-corrected chi connectivity index (χ2v) is 3.09. The van der Waals surface area contributed by atoms with Gasteiger partial charge in [-0.2, -0.15) is 13.2 Å². The van der Waals surface area contributed by atoms with E-state index in [2.05, 4.69) is 15.9 Å². The summed E-state index contributed by atoms with van der Waals surface area (Å²) < 4.78 is 35.9. The molecule has 0 radical (unpaired) electrons. The summed E-state index contributed by atoms with van der Waals surface area (Å²) in [6.45, 7) is 0. The summed E-state index contributed by atoms with van der Waals surface area (Å²) in [5, 5.41) is 17.9. The molecule has 1 aromatic carbocycles. The third-order valence-corrected chi connectivity index (χ3v) is 2.18. The molecular formula is C7H4BrF3O2. The molecule has 0 spiro atoms. The fourth-order valence-corrected chi connectivity index (χ4v) is 1.13. The van der Waals surface area contributed by atoms with Crippen LogP contribution in [0.4, 0.5) is 13.2 Å². The Hall–Kier alpha value is -0.910. The van der Waals surface area contributed by atoms with Crippen LogP contribution in [0.2, 0.25) is 0 Å². The molecule has 0 saturated carbocycles. The maximum absolute atomic E-state index is 12.1. The normalized spacial score (nSPS) is 11.7. The summed E-state index contributed by atoms with van der Waals surface area (Å²) >= 11 is 2.62. The van der Waals surface area contributed by atoms with E-state index in [9.17, 15) is 13.2 Å². The molecule has 6 heteroatoms. The average Bonchev–Trinajstić information content (AvgIpc) is 1.98. The number of halogens is 4. The van der Waals surface area contributed by atoms with Gasteiger partial charge in [0.25, 0.3) is 0 Å². The van der Waals surface area contributed by atoms with Gasteiger partial charge in [-0.05, 0) is 28.1 Å². The van der Waals surface area contributed by atoms with Gasteiger partial charge in [0, 0.05) is 0 Å². The molecule has 0 aliphatic heterocycles. The van der Waals surface area contributed by atoms with Gasteiger partial charge < -0.3 is 10.2 Å². The standard InChI is InChI=1S/C7H4BrF3O2/c8-5-4(12)2-1-3(6(5)13)7(9,10)11/h1-2,12-13H. The third-order valence-electron chi connectivity index (χ3n) is 1.40. The number of phenols is 2. The molecule has 0 unspecified atom stereocenters. The predicted molar refractivity (Wildman–Crippen MR) is 42.5 cm³/mol. The number of rotatable bonds is 0. The van der Waals surface area contributed by atoms with Crippen molar-refractivity contribution in [1.82, 2.24) is 0 Å². The van der Waals surface area contributed by atoms with Gasteiger partial charge in [0.2, 0.25) is 0 Å². The number of phenolic OH excluding ortho intramolecular Hbond substituents is 2. The second-order valence-electron chi connectivity index (χ2n) is 2.29. The van der Waals surface area contributed by atoms with Gasteiger partial charge in [-0.3, -0.25) is 0 Å². The molecule has 2 nitrogen and oxygen atoms in total. The molecule has 0 amide bonds. The van der Waals surface area contributed by atoms with Gasteiger partial charge in [0.1, 0.15) is 16.0 Å². The van der Waals surface area contributed by atoms with E-state index in [0.717, 1.165) is 6.07 Å². The fraction of sp³-hybridized carbons (Fsp3) is 0.143. The first kappa shape index (κ1) is 10.2. The molecule has 2 N–H and O–H groups in total. The van der Waals surface area contributed by atoms with Crippen molar-refractivity contribution in [3.63, 3.8) is 0 Å². The van der Waals surface area contributed by atoms with Crippen LogP contribution in [0.25, 0.3) is 0 Å². The molecule has 1 rings (SSSR count). The predicted octanol–water partition coefficient (Wildman–Crippen LogP) is 2.88. The largest absolute Gasteiger partial charge is 0.507 e. The molecular weight excluding hydrogens is 253 g/mol. The summed E-state index contributed by atoms with van der Waals surface area (Å²) in [5.74, 6) is -1.45. The summed E-state index contributed by atoms with van der Waals surface area (Å²) in [5.41, 5.74) is -1.18. The summed E-state index contributed by atoms with van der Waals surface area (Å²) in [6, 6.07) is 1.46. The maximum Gasteiger partial charge on any atom is 0.420 e. The van der Waals surface area contributed by atoms with Crippen LogP contribution in [0, 0.1) is 0 Å². The van der Waals surface area contributed by atoms with Crippen LogP contribution < -0.4 is 0 Å². The Morgan fingerprint density at radius 1 is 1.15 bits per heavy atom. The zero-order valence-corrected chi connectivity index (χ0v) is 7.65.